The molecule has 0 atom stereocenters. The third-order valence-electron chi connectivity index (χ3n) is 3.54. The first kappa shape index (κ1) is 15.7. The fourth-order valence-electron chi connectivity index (χ4n) is 2.28. The largest absolute Gasteiger partial charge is 0.355 e. The minimum absolute atomic E-state index is 0.610. The number of hydrogen-bond acceptors (Lipinski definition) is 3. The summed E-state index contributed by atoms with van der Waals surface area (Å²) in [4.78, 5) is 4.93. The van der Waals surface area contributed by atoms with E-state index in [2.05, 4.69) is 23.3 Å². The van der Waals surface area contributed by atoms with Crippen molar-refractivity contribution in [1.82, 2.24) is 4.98 Å². The molecule has 1 aromatic heterocycles. The van der Waals surface area contributed by atoms with Crippen molar-refractivity contribution in [3.63, 3.8) is 0 Å². The molecule has 0 radical (unpaired) electrons. The number of rotatable bonds is 4. The smallest absolute Gasteiger partial charge is 0.0816 e. The van der Waals surface area contributed by atoms with Crippen LogP contribution in [0.25, 0.3) is 0 Å². The predicted molar refractivity (Wildman–Crippen MR) is 101 cm³/mol. The number of aryl methyl sites for hydroxylation is 1. The van der Waals surface area contributed by atoms with Gasteiger partial charge < -0.3 is 5.32 Å². The minimum atomic E-state index is 0.610. The number of hydrogen-bond donors (Lipinski definition) is 1. The quantitative estimate of drug-likeness (QED) is 0.498. The van der Waals surface area contributed by atoms with E-state index in [4.69, 9.17) is 23.8 Å². The van der Waals surface area contributed by atoms with Gasteiger partial charge >= 0.3 is 0 Å². The summed E-state index contributed by atoms with van der Waals surface area (Å²) in [5, 5.41) is 3.99. The standard InChI is InChI=1S/C19H15ClN2S/c1-13-6-2-3-7-17(13)22-14-9-10-15(16(20)12-14)19(23)18-8-4-5-11-21-18/h2-12,22H,1H3. The van der Waals surface area contributed by atoms with Gasteiger partial charge in [-0.3, -0.25) is 4.98 Å². The molecule has 23 heavy (non-hydrogen) atoms. The number of aromatic nitrogens is 1. The third-order valence-corrected chi connectivity index (χ3v) is 4.28. The van der Waals surface area contributed by atoms with Crippen LogP contribution in [-0.2, 0) is 0 Å². The molecule has 0 amide bonds. The van der Waals surface area contributed by atoms with Gasteiger partial charge in [-0.25, -0.2) is 0 Å². The molecule has 3 aromatic rings. The van der Waals surface area contributed by atoms with Gasteiger partial charge in [0.2, 0.25) is 0 Å². The molecule has 1 N–H and O–H groups in total. The van der Waals surface area contributed by atoms with Crippen LogP contribution in [0.5, 0.6) is 0 Å². The van der Waals surface area contributed by atoms with E-state index in [1.807, 2.05) is 54.6 Å². The first-order chi connectivity index (χ1) is 11.1. The lowest BCUT2D eigenvalue weighted by atomic mass is 10.1. The Labute approximate surface area is 146 Å². The van der Waals surface area contributed by atoms with E-state index in [1.54, 1.807) is 6.20 Å². The third kappa shape index (κ3) is 3.58. The van der Waals surface area contributed by atoms with E-state index in [-0.39, 0.29) is 0 Å². The lowest BCUT2D eigenvalue weighted by molar-refractivity contribution is 1.30. The van der Waals surface area contributed by atoms with Crippen LogP contribution in [0.4, 0.5) is 11.4 Å². The zero-order chi connectivity index (χ0) is 16.2. The predicted octanol–water partition coefficient (Wildman–Crippen LogP) is 5.55. The maximum atomic E-state index is 6.42. The molecule has 0 saturated carbocycles. The van der Waals surface area contributed by atoms with Gasteiger partial charge in [0.15, 0.2) is 0 Å². The summed E-state index contributed by atoms with van der Waals surface area (Å²) >= 11 is 11.9. The molecule has 0 aliphatic carbocycles. The average molecular weight is 339 g/mol. The Morgan fingerprint density at radius 3 is 2.52 bits per heavy atom. The Kier molecular flexibility index (Phi) is 4.70. The van der Waals surface area contributed by atoms with E-state index < -0.39 is 0 Å². The van der Waals surface area contributed by atoms with Gasteiger partial charge in [0, 0.05) is 23.1 Å². The number of benzene rings is 2. The van der Waals surface area contributed by atoms with Crippen LogP contribution < -0.4 is 5.32 Å². The van der Waals surface area contributed by atoms with Crippen LogP contribution in [0.15, 0.2) is 66.9 Å². The Bertz CT molecular complexity index is 847. The number of halogens is 1. The molecule has 1 heterocycles. The van der Waals surface area contributed by atoms with Crippen molar-refractivity contribution in [2.45, 2.75) is 6.92 Å². The summed E-state index contributed by atoms with van der Waals surface area (Å²) in [6, 6.07) is 19.6. The molecule has 2 aromatic carbocycles. The van der Waals surface area contributed by atoms with Crippen LogP contribution in [0.2, 0.25) is 5.02 Å². The topological polar surface area (TPSA) is 24.9 Å². The normalized spacial score (nSPS) is 10.3. The minimum Gasteiger partial charge on any atom is -0.355 e. The molecule has 114 valence electrons. The maximum Gasteiger partial charge on any atom is 0.0816 e. The summed E-state index contributed by atoms with van der Waals surface area (Å²) in [6.07, 6.45) is 1.73. The highest BCUT2D eigenvalue weighted by Gasteiger charge is 2.10. The fraction of sp³-hybridized carbons (Fsp3) is 0.0526. The van der Waals surface area contributed by atoms with Crippen LogP contribution >= 0.6 is 23.8 Å². The van der Waals surface area contributed by atoms with E-state index >= 15 is 0 Å². The summed E-state index contributed by atoms with van der Waals surface area (Å²) in [6.45, 7) is 2.06. The molecule has 0 fully saturated rings. The van der Waals surface area contributed by atoms with Gasteiger partial charge in [0.25, 0.3) is 0 Å². The molecular weight excluding hydrogens is 324 g/mol. The van der Waals surface area contributed by atoms with Gasteiger partial charge in [-0.05, 0) is 48.9 Å². The van der Waals surface area contributed by atoms with E-state index in [0.29, 0.717) is 9.89 Å². The van der Waals surface area contributed by atoms with Crippen molar-refractivity contribution in [1.29, 1.82) is 0 Å². The van der Waals surface area contributed by atoms with Crippen molar-refractivity contribution in [3.8, 4) is 0 Å². The van der Waals surface area contributed by atoms with E-state index in [1.165, 1.54) is 5.56 Å². The molecular formula is C19H15ClN2S. The molecule has 0 spiro atoms. The highest BCUT2D eigenvalue weighted by atomic mass is 35.5. The SMILES string of the molecule is Cc1ccccc1Nc1ccc(C(=S)c2ccccn2)c(Cl)c1. The Balaban J connectivity index is 1.87. The summed E-state index contributed by atoms with van der Waals surface area (Å²) in [5.41, 5.74) is 4.73. The van der Waals surface area contributed by atoms with Crippen LogP contribution in [-0.4, -0.2) is 9.85 Å². The van der Waals surface area contributed by atoms with Crippen molar-refractivity contribution in [2.75, 3.05) is 5.32 Å². The maximum absolute atomic E-state index is 6.42. The Morgan fingerprint density at radius 2 is 1.83 bits per heavy atom. The highest BCUT2D eigenvalue weighted by Crippen LogP contribution is 2.26. The van der Waals surface area contributed by atoms with Gasteiger partial charge in [0.1, 0.15) is 0 Å². The Morgan fingerprint density at radius 1 is 1.04 bits per heavy atom. The molecule has 0 bridgehead atoms. The van der Waals surface area contributed by atoms with Gasteiger partial charge in [-0.15, -0.1) is 0 Å². The molecule has 0 aliphatic rings. The fourth-order valence-corrected chi connectivity index (χ4v) is 2.91. The second kappa shape index (κ2) is 6.90. The van der Waals surface area contributed by atoms with Crippen molar-refractivity contribution in [2.24, 2.45) is 0 Å². The lowest BCUT2D eigenvalue weighted by Gasteiger charge is -2.12. The molecule has 3 rings (SSSR count). The zero-order valence-corrected chi connectivity index (χ0v) is 14.2. The highest BCUT2D eigenvalue weighted by molar-refractivity contribution is 7.81. The Hall–Kier alpha value is -2.23. The number of nitrogens with one attached hydrogen (secondary N) is 1. The molecule has 0 saturated heterocycles. The number of anilines is 2. The lowest BCUT2D eigenvalue weighted by Crippen LogP contribution is -2.03. The first-order valence-corrected chi connectivity index (χ1v) is 8.02. The zero-order valence-electron chi connectivity index (χ0n) is 12.6. The summed E-state index contributed by atoms with van der Waals surface area (Å²) in [7, 11) is 0. The van der Waals surface area contributed by atoms with Crippen molar-refractivity contribution < 1.29 is 0 Å². The van der Waals surface area contributed by atoms with E-state index in [0.717, 1.165) is 22.6 Å². The number of pyridine rings is 1. The van der Waals surface area contributed by atoms with Gasteiger partial charge in [-0.2, -0.15) is 0 Å². The average Bonchev–Trinajstić information content (AvgIpc) is 2.57. The molecule has 4 heteroatoms. The second-order valence-corrected chi connectivity index (χ2v) is 5.99. The summed E-state index contributed by atoms with van der Waals surface area (Å²) < 4.78 is 0. The van der Waals surface area contributed by atoms with Crippen molar-refractivity contribution >= 4 is 40.1 Å². The first-order valence-electron chi connectivity index (χ1n) is 7.23. The van der Waals surface area contributed by atoms with E-state index in [9.17, 15) is 0 Å². The van der Waals surface area contributed by atoms with Crippen LogP contribution in [0.1, 0.15) is 16.8 Å². The monoisotopic (exact) mass is 338 g/mol. The molecule has 0 unspecified atom stereocenters. The van der Waals surface area contributed by atoms with Crippen LogP contribution in [0, 0.1) is 6.92 Å². The molecule has 0 aliphatic heterocycles. The molecule has 2 nitrogen and oxygen atoms in total. The van der Waals surface area contributed by atoms with Gasteiger partial charge in [-0.1, -0.05) is 48.1 Å². The van der Waals surface area contributed by atoms with Crippen LogP contribution in [0.3, 0.4) is 0 Å². The van der Waals surface area contributed by atoms with Gasteiger partial charge in [0.05, 0.1) is 15.6 Å². The number of thiocarbonyl (C=S) groups is 1. The number of nitrogens with zero attached hydrogens (tertiary/aromatic N) is 1. The number of para-hydroxylation sites is 1. The van der Waals surface area contributed by atoms with Crippen molar-refractivity contribution in [3.05, 3.63) is 88.7 Å². The second-order valence-electron chi connectivity index (χ2n) is 5.18. The summed E-state index contributed by atoms with van der Waals surface area (Å²) in [5.74, 6) is 0.